The number of pyridine rings is 1. The molecular formula is C18H20ClF3N2. The first-order chi connectivity index (χ1) is 10.7. The van der Waals surface area contributed by atoms with E-state index in [0.717, 1.165) is 29.8 Å². The summed E-state index contributed by atoms with van der Waals surface area (Å²) in [4.78, 5) is 4.41. The van der Waals surface area contributed by atoms with Crippen LogP contribution >= 0.6 is 12.4 Å². The summed E-state index contributed by atoms with van der Waals surface area (Å²) >= 11 is 0. The molecule has 1 saturated carbocycles. The van der Waals surface area contributed by atoms with Crippen molar-refractivity contribution in [1.82, 2.24) is 4.98 Å². The van der Waals surface area contributed by atoms with Crippen LogP contribution in [0.15, 0.2) is 42.6 Å². The van der Waals surface area contributed by atoms with Gasteiger partial charge in [0.15, 0.2) is 0 Å². The van der Waals surface area contributed by atoms with E-state index in [1.807, 2.05) is 12.1 Å². The number of hydrogen-bond donors (Lipinski definition) is 1. The van der Waals surface area contributed by atoms with Crippen LogP contribution in [0.5, 0.6) is 0 Å². The molecule has 0 amide bonds. The van der Waals surface area contributed by atoms with E-state index in [0.29, 0.717) is 11.5 Å². The fourth-order valence-corrected chi connectivity index (χ4v) is 3.02. The molecule has 0 saturated heterocycles. The van der Waals surface area contributed by atoms with Gasteiger partial charge >= 0.3 is 6.18 Å². The zero-order valence-electron chi connectivity index (χ0n) is 13.5. The van der Waals surface area contributed by atoms with Crippen molar-refractivity contribution in [2.45, 2.75) is 38.4 Å². The normalized spacial score (nSPS) is 20.2. The van der Waals surface area contributed by atoms with Crippen LogP contribution < -0.4 is 5.73 Å². The third-order valence-electron chi connectivity index (χ3n) is 4.65. The molecule has 24 heavy (non-hydrogen) atoms. The third kappa shape index (κ3) is 3.57. The van der Waals surface area contributed by atoms with Crippen molar-refractivity contribution in [1.29, 1.82) is 0 Å². The van der Waals surface area contributed by atoms with E-state index in [1.165, 1.54) is 12.1 Å². The minimum Gasteiger partial charge on any atom is -0.319 e. The lowest BCUT2D eigenvalue weighted by Crippen LogP contribution is -2.16. The quantitative estimate of drug-likeness (QED) is 0.832. The molecule has 0 aliphatic heterocycles. The van der Waals surface area contributed by atoms with Crippen LogP contribution in [0.4, 0.5) is 13.2 Å². The van der Waals surface area contributed by atoms with E-state index in [2.05, 4.69) is 18.8 Å². The molecule has 2 nitrogen and oxygen atoms in total. The monoisotopic (exact) mass is 356 g/mol. The first-order valence-electron chi connectivity index (χ1n) is 7.58. The summed E-state index contributed by atoms with van der Waals surface area (Å²) < 4.78 is 38.0. The Kier molecular flexibility index (Phi) is 4.98. The smallest absolute Gasteiger partial charge is 0.319 e. The maximum absolute atomic E-state index is 12.7. The molecule has 1 fully saturated rings. The summed E-state index contributed by atoms with van der Waals surface area (Å²) in [5, 5.41) is 0. The summed E-state index contributed by atoms with van der Waals surface area (Å²) in [6.07, 6.45) is -1.58. The predicted octanol–water partition coefficient (Wildman–Crippen LogP) is 5.08. The van der Waals surface area contributed by atoms with Gasteiger partial charge in [-0.05, 0) is 47.1 Å². The number of halogens is 4. The molecule has 1 heterocycles. The lowest BCUT2D eigenvalue weighted by molar-refractivity contribution is -0.137. The summed E-state index contributed by atoms with van der Waals surface area (Å²) in [5.74, 6) is 0.409. The molecule has 2 N–H and O–H groups in total. The molecule has 0 spiro atoms. The summed E-state index contributed by atoms with van der Waals surface area (Å²) in [6.45, 7) is 4.39. The molecule has 2 atom stereocenters. The first kappa shape index (κ1) is 18.7. The average Bonchev–Trinajstić information content (AvgIpc) is 3.14. The Morgan fingerprint density at radius 1 is 1.17 bits per heavy atom. The molecule has 130 valence electrons. The standard InChI is InChI=1S/C18H19F3N2.ClH/c1-17(2)10-14(17)13-4-3-9-23-16(13)15(22)11-5-7-12(8-6-11)18(19,20)21;/h3-9,14-15H,10,22H2,1-2H3;1H. The molecule has 0 radical (unpaired) electrons. The molecule has 1 aliphatic rings. The SMILES string of the molecule is CC1(C)CC1c1cccnc1C(N)c1ccc(C(F)(F)F)cc1.Cl. The van der Waals surface area contributed by atoms with Crippen molar-refractivity contribution in [2.24, 2.45) is 11.1 Å². The highest BCUT2D eigenvalue weighted by Gasteiger charge is 2.47. The Balaban J connectivity index is 0.00000208. The van der Waals surface area contributed by atoms with Crippen LogP contribution in [0.25, 0.3) is 0 Å². The Bertz CT molecular complexity index is 711. The lowest BCUT2D eigenvalue weighted by Gasteiger charge is -2.17. The van der Waals surface area contributed by atoms with Crippen LogP contribution in [-0.4, -0.2) is 4.98 Å². The number of benzene rings is 1. The summed E-state index contributed by atoms with van der Waals surface area (Å²) in [7, 11) is 0. The highest BCUT2D eigenvalue weighted by molar-refractivity contribution is 5.85. The highest BCUT2D eigenvalue weighted by Crippen LogP contribution is 2.59. The minimum atomic E-state index is -4.34. The largest absolute Gasteiger partial charge is 0.416 e. The maximum Gasteiger partial charge on any atom is 0.416 e. The Morgan fingerprint density at radius 3 is 2.25 bits per heavy atom. The van der Waals surface area contributed by atoms with Gasteiger partial charge in [0.05, 0.1) is 17.3 Å². The van der Waals surface area contributed by atoms with Gasteiger partial charge < -0.3 is 5.73 Å². The molecule has 6 heteroatoms. The van der Waals surface area contributed by atoms with Crippen LogP contribution in [0, 0.1) is 5.41 Å². The molecular weight excluding hydrogens is 337 g/mol. The van der Waals surface area contributed by atoms with E-state index in [-0.39, 0.29) is 17.8 Å². The Morgan fingerprint density at radius 2 is 1.75 bits per heavy atom. The number of hydrogen-bond acceptors (Lipinski definition) is 2. The van der Waals surface area contributed by atoms with Gasteiger partial charge in [-0.25, -0.2) is 0 Å². The fourth-order valence-electron chi connectivity index (χ4n) is 3.02. The third-order valence-corrected chi connectivity index (χ3v) is 4.65. The molecule has 2 unspecified atom stereocenters. The molecule has 2 aromatic rings. The lowest BCUT2D eigenvalue weighted by atomic mass is 9.94. The zero-order chi connectivity index (χ0) is 16.8. The van der Waals surface area contributed by atoms with Crippen molar-refractivity contribution in [3.8, 4) is 0 Å². The van der Waals surface area contributed by atoms with E-state index < -0.39 is 17.8 Å². The van der Waals surface area contributed by atoms with E-state index in [9.17, 15) is 13.2 Å². The van der Waals surface area contributed by atoms with Crippen molar-refractivity contribution < 1.29 is 13.2 Å². The Labute approximate surface area is 145 Å². The van der Waals surface area contributed by atoms with E-state index in [4.69, 9.17) is 5.73 Å². The van der Waals surface area contributed by atoms with Crippen molar-refractivity contribution in [3.05, 3.63) is 65.0 Å². The molecule has 1 aliphatic carbocycles. The summed E-state index contributed by atoms with van der Waals surface area (Å²) in [6, 6.07) is 8.38. The minimum absolute atomic E-state index is 0. The number of alkyl halides is 3. The van der Waals surface area contributed by atoms with Gasteiger partial charge in [-0.15, -0.1) is 12.4 Å². The van der Waals surface area contributed by atoms with E-state index >= 15 is 0 Å². The van der Waals surface area contributed by atoms with Crippen LogP contribution in [-0.2, 0) is 6.18 Å². The fraction of sp³-hybridized carbons (Fsp3) is 0.389. The highest BCUT2D eigenvalue weighted by atomic mass is 35.5. The van der Waals surface area contributed by atoms with Gasteiger partial charge in [-0.2, -0.15) is 13.2 Å². The van der Waals surface area contributed by atoms with Gasteiger partial charge in [-0.1, -0.05) is 32.0 Å². The van der Waals surface area contributed by atoms with Gasteiger partial charge in [0.2, 0.25) is 0 Å². The number of nitrogens with zero attached hydrogens (tertiary/aromatic N) is 1. The van der Waals surface area contributed by atoms with Gasteiger partial charge in [0.1, 0.15) is 0 Å². The van der Waals surface area contributed by atoms with Crippen molar-refractivity contribution in [2.75, 3.05) is 0 Å². The van der Waals surface area contributed by atoms with Crippen molar-refractivity contribution >= 4 is 12.4 Å². The van der Waals surface area contributed by atoms with Crippen LogP contribution in [0.2, 0.25) is 0 Å². The summed E-state index contributed by atoms with van der Waals surface area (Å²) in [5.41, 5.74) is 8.34. The van der Waals surface area contributed by atoms with Gasteiger partial charge in [0.25, 0.3) is 0 Å². The number of nitrogens with two attached hydrogens (primary N) is 1. The van der Waals surface area contributed by atoms with Crippen LogP contribution in [0.1, 0.15) is 54.6 Å². The number of rotatable bonds is 3. The second-order valence-electron chi connectivity index (χ2n) is 6.82. The number of aromatic nitrogens is 1. The zero-order valence-corrected chi connectivity index (χ0v) is 14.3. The van der Waals surface area contributed by atoms with E-state index in [1.54, 1.807) is 6.20 Å². The average molecular weight is 357 g/mol. The molecule has 0 bridgehead atoms. The van der Waals surface area contributed by atoms with Crippen LogP contribution in [0.3, 0.4) is 0 Å². The molecule has 1 aromatic carbocycles. The molecule has 3 rings (SSSR count). The Hall–Kier alpha value is -1.59. The molecule has 1 aromatic heterocycles. The topological polar surface area (TPSA) is 38.9 Å². The predicted molar refractivity (Wildman–Crippen MR) is 90.1 cm³/mol. The van der Waals surface area contributed by atoms with Gasteiger partial charge in [-0.3, -0.25) is 4.98 Å². The second kappa shape index (κ2) is 6.37. The van der Waals surface area contributed by atoms with Gasteiger partial charge in [0, 0.05) is 6.20 Å². The first-order valence-corrected chi connectivity index (χ1v) is 7.58. The van der Waals surface area contributed by atoms with Crippen molar-refractivity contribution in [3.63, 3.8) is 0 Å². The second-order valence-corrected chi connectivity index (χ2v) is 6.82. The maximum atomic E-state index is 12.7.